The minimum Gasteiger partial charge on any atom is -0.504 e. The van der Waals surface area contributed by atoms with Crippen molar-refractivity contribution in [3.05, 3.63) is 65.7 Å². The number of phenolic OH excluding ortho intramolecular Hbond substituents is 2. The van der Waals surface area contributed by atoms with Crippen molar-refractivity contribution in [1.29, 1.82) is 0 Å². The van der Waals surface area contributed by atoms with Gasteiger partial charge in [0.1, 0.15) is 0 Å². The van der Waals surface area contributed by atoms with Crippen LogP contribution in [0, 0.1) is 0 Å². The fourth-order valence-electron chi connectivity index (χ4n) is 1.75. The highest BCUT2D eigenvalue weighted by Gasteiger charge is 2.08. The van der Waals surface area contributed by atoms with Gasteiger partial charge in [0.25, 0.3) is 0 Å². The number of hydrogen-bond donors (Lipinski definition) is 2. The molecule has 0 aliphatic rings. The summed E-state index contributed by atoms with van der Waals surface area (Å²) in [6.07, 6.45) is 2.46. The molecule has 22 heavy (non-hydrogen) atoms. The third-order valence-electron chi connectivity index (χ3n) is 2.82. The fraction of sp³-hybridized carbons (Fsp3) is 0.0588. The van der Waals surface area contributed by atoms with Gasteiger partial charge in [0.2, 0.25) is 0 Å². The molecule has 0 aliphatic heterocycles. The lowest BCUT2D eigenvalue weighted by Gasteiger charge is -2.01. The predicted molar refractivity (Wildman–Crippen MR) is 80.1 cm³/mol. The molecule has 0 spiro atoms. The maximum atomic E-state index is 11.6. The molecule has 5 heteroatoms. The predicted octanol–water partition coefficient (Wildman–Crippen LogP) is 2.42. The van der Waals surface area contributed by atoms with Crippen molar-refractivity contribution in [2.45, 2.75) is 6.42 Å². The smallest absolute Gasteiger partial charge is 0.338 e. The molecule has 0 amide bonds. The first-order valence-corrected chi connectivity index (χ1v) is 6.53. The lowest BCUT2D eigenvalue weighted by Crippen LogP contribution is -2.12. The van der Waals surface area contributed by atoms with Crippen LogP contribution >= 0.6 is 0 Å². The zero-order valence-electron chi connectivity index (χ0n) is 11.6. The summed E-state index contributed by atoms with van der Waals surface area (Å²) in [5.41, 5.74) is 1.25. The first-order chi connectivity index (χ1) is 10.5. The Morgan fingerprint density at radius 2 is 1.73 bits per heavy atom. The van der Waals surface area contributed by atoms with Gasteiger partial charge in [-0.25, -0.2) is 4.79 Å². The average Bonchev–Trinajstić information content (AvgIpc) is 2.49. The summed E-state index contributed by atoms with van der Waals surface area (Å²) in [6, 6.07) is 13.0. The molecular weight excluding hydrogens is 284 g/mol. The van der Waals surface area contributed by atoms with Crippen molar-refractivity contribution in [1.82, 2.24) is 0 Å². The third-order valence-corrected chi connectivity index (χ3v) is 2.82. The van der Waals surface area contributed by atoms with Gasteiger partial charge in [0.05, 0.1) is 6.42 Å². The molecule has 5 nitrogen and oxygen atoms in total. The van der Waals surface area contributed by atoms with E-state index in [1.54, 1.807) is 24.3 Å². The first kappa shape index (κ1) is 15.3. The topological polar surface area (TPSA) is 83.8 Å². The van der Waals surface area contributed by atoms with Crippen molar-refractivity contribution < 1.29 is 24.5 Å². The summed E-state index contributed by atoms with van der Waals surface area (Å²) in [4.78, 5) is 23.1. The Balaban J connectivity index is 1.90. The van der Waals surface area contributed by atoms with Crippen LogP contribution in [0.1, 0.15) is 11.1 Å². The Hall–Kier alpha value is -3.08. The Morgan fingerprint density at radius 1 is 1.00 bits per heavy atom. The summed E-state index contributed by atoms with van der Waals surface area (Å²) in [5.74, 6) is -1.99. The maximum Gasteiger partial charge on any atom is 0.338 e. The van der Waals surface area contributed by atoms with Gasteiger partial charge in [-0.2, -0.15) is 0 Å². The molecule has 0 heterocycles. The molecule has 0 aliphatic carbocycles. The highest BCUT2D eigenvalue weighted by molar-refractivity contribution is 5.95. The van der Waals surface area contributed by atoms with E-state index in [9.17, 15) is 14.7 Å². The second kappa shape index (κ2) is 7.08. The molecule has 0 atom stereocenters. The summed E-state index contributed by atoms with van der Waals surface area (Å²) in [5, 5.41) is 18.5. The minimum atomic E-state index is -0.798. The van der Waals surface area contributed by atoms with E-state index in [1.807, 2.05) is 6.07 Å². The second-order valence-corrected chi connectivity index (χ2v) is 4.54. The van der Waals surface area contributed by atoms with Gasteiger partial charge in [-0.3, -0.25) is 4.79 Å². The zero-order chi connectivity index (χ0) is 15.9. The van der Waals surface area contributed by atoms with Gasteiger partial charge in [-0.05, 0) is 29.3 Å². The number of aromatic hydroxyl groups is 2. The fourth-order valence-corrected chi connectivity index (χ4v) is 1.75. The lowest BCUT2D eigenvalue weighted by atomic mass is 10.1. The molecule has 0 unspecified atom stereocenters. The van der Waals surface area contributed by atoms with Gasteiger partial charge in [-0.1, -0.05) is 36.4 Å². The third kappa shape index (κ3) is 4.49. The number of rotatable bonds is 4. The summed E-state index contributed by atoms with van der Waals surface area (Å²) >= 11 is 0. The Labute approximate surface area is 127 Å². The van der Waals surface area contributed by atoms with Crippen LogP contribution in [0.15, 0.2) is 54.6 Å². The van der Waals surface area contributed by atoms with Crippen LogP contribution in [0.5, 0.6) is 11.5 Å². The Morgan fingerprint density at radius 3 is 2.41 bits per heavy atom. The highest BCUT2D eigenvalue weighted by atomic mass is 16.6. The van der Waals surface area contributed by atoms with E-state index in [-0.39, 0.29) is 17.9 Å². The normalized spacial score (nSPS) is 10.5. The summed E-state index contributed by atoms with van der Waals surface area (Å²) in [7, 11) is 0. The van der Waals surface area contributed by atoms with E-state index in [0.717, 1.165) is 11.6 Å². The van der Waals surface area contributed by atoms with Crippen LogP contribution in [0.3, 0.4) is 0 Å². The monoisotopic (exact) mass is 298 g/mol. The molecular formula is C17H14O5. The van der Waals surface area contributed by atoms with E-state index in [2.05, 4.69) is 4.74 Å². The zero-order valence-corrected chi connectivity index (χ0v) is 11.6. The Kier molecular flexibility index (Phi) is 4.93. The van der Waals surface area contributed by atoms with Crippen molar-refractivity contribution in [3.8, 4) is 11.5 Å². The molecule has 0 saturated heterocycles. The Bertz CT molecular complexity index is 704. The molecule has 2 aromatic carbocycles. The average molecular weight is 298 g/mol. The molecule has 112 valence electrons. The molecule has 0 aromatic heterocycles. The van der Waals surface area contributed by atoms with E-state index in [1.165, 1.54) is 24.3 Å². The standard InChI is InChI=1S/C17H14O5/c18-14-8-6-13(10-15(14)19)7-9-16(20)22-17(21)11-12-4-2-1-3-5-12/h1-10,18-19H,11H2/b9-7+. The number of ether oxygens (including phenoxy) is 1. The van der Waals surface area contributed by atoms with Crippen molar-refractivity contribution in [2.24, 2.45) is 0 Å². The van der Waals surface area contributed by atoms with Crippen molar-refractivity contribution in [3.63, 3.8) is 0 Å². The molecule has 2 rings (SSSR count). The highest BCUT2D eigenvalue weighted by Crippen LogP contribution is 2.25. The van der Waals surface area contributed by atoms with Crippen molar-refractivity contribution >= 4 is 18.0 Å². The molecule has 2 N–H and O–H groups in total. The number of esters is 2. The largest absolute Gasteiger partial charge is 0.504 e. The number of hydrogen-bond acceptors (Lipinski definition) is 5. The van der Waals surface area contributed by atoms with Gasteiger partial charge in [-0.15, -0.1) is 0 Å². The van der Waals surface area contributed by atoms with Crippen molar-refractivity contribution in [2.75, 3.05) is 0 Å². The van der Waals surface area contributed by atoms with Crippen LogP contribution in [0.2, 0.25) is 0 Å². The summed E-state index contributed by atoms with van der Waals surface area (Å²) in [6.45, 7) is 0. The van der Waals surface area contributed by atoms with Gasteiger partial charge >= 0.3 is 11.9 Å². The number of carbonyl (C=O) groups excluding carboxylic acids is 2. The maximum absolute atomic E-state index is 11.6. The van der Waals surface area contributed by atoms with E-state index in [0.29, 0.717) is 5.56 Å². The van der Waals surface area contributed by atoms with Gasteiger partial charge in [0, 0.05) is 6.08 Å². The van der Waals surface area contributed by atoms with Crippen LogP contribution < -0.4 is 0 Å². The SMILES string of the molecule is O=C(/C=C/c1ccc(O)c(O)c1)OC(=O)Cc1ccccc1. The van der Waals surface area contributed by atoms with E-state index >= 15 is 0 Å². The van der Waals surface area contributed by atoms with Crippen LogP contribution in [0.4, 0.5) is 0 Å². The van der Waals surface area contributed by atoms with Gasteiger partial charge < -0.3 is 14.9 Å². The quantitative estimate of drug-likeness (QED) is 0.392. The molecule has 0 bridgehead atoms. The second-order valence-electron chi connectivity index (χ2n) is 4.54. The minimum absolute atomic E-state index is 0.0143. The summed E-state index contributed by atoms with van der Waals surface area (Å²) < 4.78 is 4.65. The van der Waals surface area contributed by atoms with Gasteiger partial charge in [0.15, 0.2) is 11.5 Å². The first-order valence-electron chi connectivity index (χ1n) is 6.53. The number of benzene rings is 2. The van der Waals surface area contributed by atoms with Crippen LogP contribution in [-0.4, -0.2) is 22.2 Å². The molecule has 0 radical (unpaired) electrons. The molecule has 0 saturated carbocycles. The van der Waals surface area contributed by atoms with E-state index < -0.39 is 11.9 Å². The molecule has 2 aromatic rings. The number of carbonyl (C=O) groups is 2. The van der Waals surface area contributed by atoms with E-state index in [4.69, 9.17) is 5.11 Å². The van der Waals surface area contributed by atoms with Crippen LogP contribution in [0.25, 0.3) is 6.08 Å². The van der Waals surface area contributed by atoms with Crippen LogP contribution in [-0.2, 0) is 20.7 Å². The lowest BCUT2D eigenvalue weighted by molar-refractivity contribution is -0.155. The molecule has 0 fully saturated rings. The number of phenols is 2.